The predicted molar refractivity (Wildman–Crippen MR) is 122 cm³/mol. The van der Waals surface area contributed by atoms with Crippen molar-refractivity contribution in [3.63, 3.8) is 0 Å². The zero-order valence-electron chi connectivity index (χ0n) is 18.4. The summed E-state index contributed by atoms with van der Waals surface area (Å²) in [5.74, 6) is 0.618. The number of pyridine rings is 1. The SMILES string of the molecule is Cc1nc(N)ccc1CNC(=O)[C@@H]1COCCN1C(=O)[C@H]1C[C@H](Cc2ccccc2)CN1. The lowest BCUT2D eigenvalue weighted by atomic mass is 9.96. The van der Waals surface area contributed by atoms with Gasteiger partial charge in [-0.2, -0.15) is 0 Å². The summed E-state index contributed by atoms with van der Waals surface area (Å²) in [7, 11) is 0. The monoisotopic (exact) mass is 437 g/mol. The number of nitrogens with two attached hydrogens (primary N) is 1. The van der Waals surface area contributed by atoms with Crippen molar-refractivity contribution >= 4 is 17.6 Å². The van der Waals surface area contributed by atoms with E-state index >= 15 is 0 Å². The van der Waals surface area contributed by atoms with Crippen LogP contribution in [0, 0.1) is 12.8 Å². The lowest BCUT2D eigenvalue weighted by molar-refractivity contribution is -0.149. The number of morpholine rings is 1. The molecule has 4 N–H and O–H groups in total. The Kier molecular flexibility index (Phi) is 7.02. The highest BCUT2D eigenvalue weighted by molar-refractivity contribution is 5.90. The molecule has 1 aromatic heterocycles. The van der Waals surface area contributed by atoms with E-state index in [-0.39, 0.29) is 24.5 Å². The number of aryl methyl sites for hydroxylation is 1. The number of amides is 2. The molecule has 170 valence electrons. The van der Waals surface area contributed by atoms with E-state index in [1.54, 1.807) is 11.0 Å². The summed E-state index contributed by atoms with van der Waals surface area (Å²) >= 11 is 0. The van der Waals surface area contributed by atoms with Gasteiger partial charge in [0.25, 0.3) is 0 Å². The molecular weight excluding hydrogens is 406 g/mol. The lowest BCUT2D eigenvalue weighted by Gasteiger charge is -2.36. The van der Waals surface area contributed by atoms with E-state index in [1.165, 1.54) is 5.56 Å². The second kappa shape index (κ2) is 10.1. The van der Waals surface area contributed by atoms with Gasteiger partial charge < -0.3 is 26.0 Å². The first-order valence-electron chi connectivity index (χ1n) is 11.2. The number of carbonyl (C=O) groups is 2. The van der Waals surface area contributed by atoms with Crippen LogP contribution in [-0.2, 0) is 27.3 Å². The number of hydrogen-bond acceptors (Lipinski definition) is 6. The minimum absolute atomic E-state index is 0.0191. The number of benzene rings is 1. The van der Waals surface area contributed by atoms with Gasteiger partial charge in [-0.15, -0.1) is 0 Å². The van der Waals surface area contributed by atoms with Crippen LogP contribution in [0.4, 0.5) is 5.82 Å². The zero-order chi connectivity index (χ0) is 22.5. The fourth-order valence-electron chi connectivity index (χ4n) is 4.48. The molecular formula is C24H31N5O3. The van der Waals surface area contributed by atoms with Crippen LogP contribution < -0.4 is 16.4 Å². The predicted octanol–water partition coefficient (Wildman–Crippen LogP) is 1.04. The molecule has 4 rings (SSSR count). The summed E-state index contributed by atoms with van der Waals surface area (Å²) in [5, 5.41) is 6.30. The first-order chi connectivity index (χ1) is 15.5. The number of nitrogens with zero attached hydrogens (tertiary/aromatic N) is 2. The summed E-state index contributed by atoms with van der Waals surface area (Å²) in [6.07, 6.45) is 1.72. The van der Waals surface area contributed by atoms with E-state index in [4.69, 9.17) is 10.5 Å². The van der Waals surface area contributed by atoms with Crippen molar-refractivity contribution in [1.29, 1.82) is 0 Å². The molecule has 2 aliphatic rings. The number of nitrogen functional groups attached to an aromatic ring is 1. The van der Waals surface area contributed by atoms with E-state index < -0.39 is 6.04 Å². The molecule has 2 saturated heterocycles. The molecule has 0 bridgehead atoms. The molecule has 0 aliphatic carbocycles. The normalized spacial score (nSPS) is 23.2. The van der Waals surface area contributed by atoms with Crippen molar-refractivity contribution in [2.45, 2.75) is 38.4 Å². The highest BCUT2D eigenvalue weighted by Crippen LogP contribution is 2.22. The van der Waals surface area contributed by atoms with Crippen LogP contribution in [0.3, 0.4) is 0 Å². The number of aromatic nitrogens is 1. The van der Waals surface area contributed by atoms with Crippen molar-refractivity contribution in [2.75, 3.05) is 32.0 Å². The molecule has 0 spiro atoms. The molecule has 1 aromatic carbocycles. The maximum absolute atomic E-state index is 13.3. The minimum atomic E-state index is -0.631. The Morgan fingerprint density at radius 2 is 2.06 bits per heavy atom. The number of nitrogens with one attached hydrogen (secondary N) is 2. The topological polar surface area (TPSA) is 110 Å². The fourth-order valence-corrected chi connectivity index (χ4v) is 4.48. The molecule has 3 atom stereocenters. The van der Waals surface area contributed by atoms with Crippen LogP contribution in [-0.4, -0.2) is 60.1 Å². The Balaban J connectivity index is 1.35. The molecule has 32 heavy (non-hydrogen) atoms. The molecule has 3 heterocycles. The summed E-state index contributed by atoms with van der Waals surface area (Å²) in [4.78, 5) is 32.1. The summed E-state index contributed by atoms with van der Waals surface area (Å²) in [5.41, 5.74) is 8.65. The van der Waals surface area contributed by atoms with Crippen molar-refractivity contribution in [2.24, 2.45) is 5.92 Å². The van der Waals surface area contributed by atoms with Gasteiger partial charge in [0, 0.05) is 18.8 Å². The highest BCUT2D eigenvalue weighted by atomic mass is 16.5. The van der Waals surface area contributed by atoms with Crippen molar-refractivity contribution < 1.29 is 14.3 Å². The minimum Gasteiger partial charge on any atom is -0.384 e. The first-order valence-corrected chi connectivity index (χ1v) is 11.2. The summed E-state index contributed by atoms with van der Waals surface area (Å²) in [6.45, 7) is 4.05. The van der Waals surface area contributed by atoms with E-state index in [0.717, 1.165) is 30.6 Å². The van der Waals surface area contributed by atoms with Gasteiger partial charge in [0.15, 0.2) is 0 Å². The largest absolute Gasteiger partial charge is 0.384 e. The maximum Gasteiger partial charge on any atom is 0.245 e. The van der Waals surface area contributed by atoms with Gasteiger partial charge in [0.05, 0.1) is 19.3 Å². The standard InChI is InChI=1S/C24H31N5O3/c1-16-19(7-8-22(25)28-16)14-27-23(30)21-15-32-10-9-29(21)24(31)20-12-18(13-26-20)11-17-5-3-2-4-6-17/h2-8,18,20-21,26H,9-15H2,1H3,(H2,25,28)(H,27,30)/t18-,20+,21-/m0/s1. The third-order valence-corrected chi connectivity index (χ3v) is 6.27. The first kappa shape index (κ1) is 22.2. The number of hydrogen-bond donors (Lipinski definition) is 3. The average Bonchev–Trinajstić information content (AvgIpc) is 3.27. The van der Waals surface area contributed by atoms with E-state index in [0.29, 0.717) is 31.4 Å². The molecule has 8 heteroatoms. The summed E-state index contributed by atoms with van der Waals surface area (Å²) < 4.78 is 5.53. The Morgan fingerprint density at radius 3 is 2.84 bits per heavy atom. The Bertz CT molecular complexity index is 952. The zero-order valence-corrected chi connectivity index (χ0v) is 18.4. The van der Waals surface area contributed by atoms with Crippen molar-refractivity contribution in [3.05, 3.63) is 59.3 Å². The third-order valence-electron chi connectivity index (χ3n) is 6.27. The van der Waals surface area contributed by atoms with Gasteiger partial charge in [0.2, 0.25) is 11.8 Å². The van der Waals surface area contributed by atoms with Crippen LogP contribution in [0.5, 0.6) is 0 Å². The number of anilines is 1. The molecule has 2 aliphatic heterocycles. The molecule has 0 unspecified atom stereocenters. The van der Waals surface area contributed by atoms with E-state index in [9.17, 15) is 9.59 Å². The second-order valence-corrected chi connectivity index (χ2v) is 8.57. The van der Waals surface area contributed by atoms with Crippen LogP contribution in [0.2, 0.25) is 0 Å². The second-order valence-electron chi connectivity index (χ2n) is 8.57. The van der Waals surface area contributed by atoms with E-state index in [2.05, 4.69) is 27.8 Å². The average molecular weight is 438 g/mol. The molecule has 0 radical (unpaired) electrons. The summed E-state index contributed by atoms with van der Waals surface area (Å²) in [6, 6.07) is 13.0. The number of rotatable bonds is 6. The van der Waals surface area contributed by atoms with Crippen LogP contribution in [0.15, 0.2) is 42.5 Å². The number of ether oxygens (including phenoxy) is 1. The smallest absolute Gasteiger partial charge is 0.245 e. The molecule has 2 aromatic rings. The fraction of sp³-hybridized carbons (Fsp3) is 0.458. The third kappa shape index (κ3) is 5.26. The van der Waals surface area contributed by atoms with Crippen molar-refractivity contribution in [1.82, 2.24) is 20.5 Å². The van der Waals surface area contributed by atoms with Gasteiger partial charge in [0.1, 0.15) is 11.9 Å². The van der Waals surface area contributed by atoms with Crippen molar-refractivity contribution in [3.8, 4) is 0 Å². The Labute approximate surface area is 188 Å². The van der Waals surface area contributed by atoms with Gasteiger partial charge in [-0.25, -0.2) is 4.98 Å². The molecule has 2 fully saturated rings. The number of carbonyl (C=O) groups excluding carboxylic acids is 2. The van der Waals surface area contributed by atoms with Crippen LogP contribution >= 0.6 is 0 Å². The van der Waals surface area contributed by atoms with Crippen LogP contribution in [0.25, 0.3) is 0 Å². The van der Waals surface area contributed by atoms with Gasteiger partial charge in [-0.3, -0.25) is 9.59 Å². The highest BCUT2D eigenvalue weighted by Gasteiger charge is 2.38. The van der Waals surface area contributed by atoms with Gasteiger partial charge >= 0.3 is 0 Å². The Hall–Kier alpha value is -2.97. The van der Waals surface area contributed by atoms with Gasteiger partial charge in [-0.05, 0) is 49.4 Å². The molecule has 8 nitrogen and oxygen atoms in total. The van der Waals surface area contributed by atoms with Crippen LogP contribution in [0.1, 0.15) is 23.2 Å². The van der Waals surface area contributed by atoms with Gasteiger partial charge in [-0.1, -0.05) is 36.4 Å². The molecule has 0 saturated carbocycles. The molecule has 2 amide bonds. The lowest BCUT2D eigenvalue weighted by Crippen LogP contribution is -2.59. The quantitative estimate of drug-likeness (QED) is 0.623. The maximum atomic E-state index is 13.3. The Morgan fingerprint density at radius 1 is 1.25 bits per heavy atom. The van der Waals surface area contributed by atoms with E-state index in [1.807, 2.05) is 31.2 Å².